The molecule has 1 aliphatic rings. The molecule has 0 spiro atoms. The number of ether oxygens (including phenoxy) is 2. The summed E-state index contributed by atoms with van der Waals surface area (Å²) in [5, 5.41) is 3.10. The average molecular weight is 334 g/mol. The van der Waals surface area contributed by atoms with E-state index in [0.717, 1.165) is 49.5 Å². The van der Waals surface area contributed by atoms with Gasteiger partial charge < -0.3 is 14.8 Å². The van der Waals surface area contributed by atoms with E-state index in [1.165, 1.54) is 0 Å². The third-order valence-corrected chi connectivity index (χ3v) is 4.19. The maximum atomic E-state index is 12.4. The number of nitrogens with zero attached hydrogens (tertiary/aromatic N) is 1. The van der Waals surface area contributed by atoms with Gasteiger partial charge in [-0.25, -0.2) is 0 Å². The zero-order valence-electron chi connectivity index (χ0n) is 15.5. The second-order valence-electron chi connectivity index (χ2n) is 7.53. The van der Waals surface area contributed by atoms with Crippen LogP contribution < -0.4 is 14.8 Å². The highest BCUT2D eigenvalue weighted by molar-refractivity contribution is 5.79. The lowest BCUT2D eigenvalue weighted by Crippen LogP contribution is -2.48. The third-order valence-electron chi connectivity index (χ3n) is 4.19. The summed E-state index contributed by atoms with van der Waals surface area (Å²) >= 11 is 0. The van der Waals surface area contributed by atoms with Gasteiger partial charge in [0.15, 0.2) is 0 Å². The number of nitrogens with one attached hydrogen (secondary N) is 1. The molecule has 134 valence electrons. The van der Waals surface area contributed by atoms with E-state index in [-0.39, 0.29) is 17.4 Å². The van der Waals surface area contributed by atoms with E-state index in [1.807, 2.05) is 39.0 Å². The van der Waals surface area contributed by atoms with Crippen LogP contribution in [0.3, 0.4) is 0 Å². The number of benzene rings is 1. The predicted molar refractivity (Wildman–Crippen MR) is 95.4 cm³/mol. The standard InChI is InChI=1S/C19H30N2O3/c1-19(2,3)20-18(22)15-7-6-8-21(13-15)12-14-9-16(23-4)11-17(10-14)24-5/h9-11,15H,6-8,12-13H2,1-5H3,(H,20,22). The number of likely N-dealkylation sites (tertiary alicyclic amines) is 1. The molecule has 1 saturated heterocycles. The van der Waals surface area contributed by atoms with Gasteiger partial charge in [-0.1, -0.05) is 0 Å². The molecule has 1 unspecified atom stereocenters. The van der Waals surface area contributed by atoms with Crippen molar-refractivity contribution in [2.45, 2.75) is 45.7 Å². The van der Waals surface area contributed by atoms with Gasteiger partial charge in [0, 0.05) is 24.7 Å². The van der Waals surface area contributed by atoms with Crippen molar-refractivity contribution < 1.29 is 14.3 Å². The molecule has 2 rings (SSSR count). The van der Waals surface area contributed by atoms with E-state index >= 15 is 0 Å². The minimum Gasteiger partial charge on any atom is -0.497 e. The first-order chi connectivity index (χ1) is 11.3. The lowest BCUT2D eigenvalue weighted by molar-refractivity contribution is -0.128. The maximum absolute atomic E-state index is 12.4. The van der Waals surface area contributed by atoms with Gasteiger partial charge in [0.25, 0.3) is 0 Å². The van der Waals surface area contributed by atoms with Crippen molar-refractivity contribution in [1.82, 2.24) is 10.2 Å². The Labute approximate surface area is 145 Å². The number of carbonyl (C=O) groups excluding carboxylic acids is 1. The number of methoxy groups -OCH3 is 2. The lowest BCUT2D eigenvalue weighted by atomic mass is 9.95. The molecular weight excluding hydrogens is 304 g/mol. The van der Waals surface area contributed by atoms with E-state index in [1.54, 1.807) is 14.2 Å². The van der Waals surface area contributed by atoms with Crippen molar-refractivity contribution >= 4 is 5.91 Å². The van der Waals surface area contributed by atoms with Gasteiger partial charge in [-0.05, 0) is 57.9 Å². The molecule has 1 N–H and O–H groups in total. The molecule has 0 bridgehead atoms. The summed E-state index contributed by atoms with van der Waals surface area (Å²) in [5.74, 6) is 1.81. The van der Waals surface area contributed by atoms with Crippen LogP contribution in [-0.4, -0.2) is 43.7 Å². The van der Waals surface area contributed by atoms with Crippen LogP contribution >= 0.6 is 0 Å². The molecule has 5 nitrogen and oxygen atoms in total. The Morgan fingerprint density at radius 3 is 2.38 bits per heavy atom. The van der Waals surface area contributed by atoms with E-state index < -0.39 is 0 Å². The topological polar surface area (TPSA) is 50.8 Å². The van der Waals surface area contributed by atoms with Crippen LogP contribution in [0.5, 0.6) is 11.5 Å². The molecule has 1 atom stereocenters. The summed E-state index contributed by atoms with van der Waals surface area (Å²) in [6.45, 7) is 8.67. The number of hydrogen-bond donors (Lipinski definition) is 1. The van der Waals surface area contributed by atoms with E-state index in [4.69, 9.17) is 9.47 Å². The zero-order valence-corrected chi connectivity index (χ0v) is 15.5. The van der Waals surface area contributed by atoms with Crippen molar-refractivity contribution in [3.63, 3.8) is 0 Å². The quantitative estimate of drug-likeness (QED) is 0.900. The molecule has 0 aliphatic carbocycles. The second kappa shape index (κ2) is 7.88. The van der Waals surface area contributed by atoms with Crippen LogP contribution in [0.1, 0.15) is 39.2 Å². The van der Waals surface area contributed by atoms with Gasteiger partial charge in [0.1, 0.15) is 11.5 Å². The number of piperidine rings is 1. The van der Waals surface area contributed by atoms with E-state index in [2.05, 4.69) is 10.2 Å². The Morgan fingerprint density at radius 2 is 1.83 bits per heavy atom. The Hall–Kier alpha value is -1.75. The Kier molecular flexibility index (Phi) is 6.10. The maximum Gasteiger partial charge on any atom is 0.224 e. The van der Waals surface area contributed by atoms with Gasteiger partial charge in [-0.3, -0.25) is 9.69 Å². The van der Waals surface area contributed by atoms with Crippen molar-refractivity contribution in [2.24, 2.45) is 5.92 Å². The van der Waals surface area contributed by atoms with Gasteiger partial charge in [-0.2, -0.15) is 0 Å². The fraction of sp³-hybridized carbons (Fsp3) is 0.632. The Bertz CT molecular complexity index is 544. The first-order valence-electron chi connectivity index (χ1n) is 8.57. The minimum atomic E-state index is -0.181. The summed E-state index contributed by atoms with van der Waals surface area (Å²) in [4.78, 5) is 14.8. The highest BCUT2D eigenvalue weighted by atomic mass is 16.5. The van der Waals surface area contributed by atoms with Crippen LogP contribution in [0.2, 0.25) is 0 Å². The highest BCUT2D eigenvalue weighted by Crippen LogP contribution is 2.25. The largest absolute Gasteiger partial charge is 0.497 e. The molecular formula is C19H30N2O3. The molecule has 1 aliphatic heterocycles. The summed E-state index contributed by atoms with van der Waals surface area (Å²) in [6, 6.07) is 5.93. The fourth-order valence-corrected chi connectivity index (χ4v) is 3.10. The molecule has 24 heavy (non-hydrogen) atoms. The number of amides is 1. The number of hydrogen-bond acceptors (Lipinski definition) is 4. The fourth-order valence-electron chi connectivity index (χ4n) is 3.10. The zero-order chi connectivity index (χ0) is 17.7. The van der Waals surface area contributed by atoms with Crippen molar-refractivity contribution in [2.75, 3.05) is 27.3 Å². The van der Waals surface area contributed by atoms with Crippen LogP contribution in [0.25, 0.3) is 0 Å². The second-order valence-corrected chi connectivity index (χ2v) is 7.53. The number of rotatable bonds is 5. The monoisotopic (exact) mass is 334 g/mol. The minimum absolute atomic E-state index is 0.0606. The first-order valence-corrected chi connectivity index (χ1v) is 8.57. The highest BCUT2D eigenvalue weighted by Gasteiger charge is 2.28. The van der Waals surface area contributed by atoms with E-state index in [9.17, 15) is 4.79 Å². The van der Waals surface area contributed by atoms with Crippen molar-refractivity contribution in [3.05, 3.63) is 23.8 Å². The summed E-state index contributed by atoms with van der Waals surface area (Å²) in [6.07, 6.45) is 2.00. The first kappa shape index (κ1) is 18.6. The summed E-state index contributed by atoms with van der Waals surface area (Å²) in [7, 11) is 3.32. The molecule has 5 heteroatoms. The van der Waals surface area contributed by atoms with Crippen molar-refractivity contribution in [1.29, 1.82) is 0 Å². The molecule has 1 aromatic carbocycles. The van der Waals surface area contributed by atoms with Gasteiger partial charge >= 0.3 is 0 Å². The molecule has 1 heterocycles. The van der Waals surface area contributed by atoms with Crippen LogP contribution in [0.4, 0.5) is 0 Å². The third kappa shape index (κ3) is 5.41. The normalized spacial score (nSPS) is 19.0. The smallest absolute Gasteiger partial charge is 0.224 e. The molecule has 0 aromatic heterocycles. The molecule has 1 fully saturated rings. The van der Waals surface area contributed by atoms with E-state index in [0.29, 0.717) is 0 Å². The van der Waals surface area contributed by atoms with Gasteiger partial charge in [-0.15, -0.1) is 0 Å². The molecule has 0 radical (unpaired) electrons. The molecule has 1 amide bonds. The summed E-state index contributed by atoms with van der Waals surface area (Å²) < 4.78 is 10.7. The van der Waals surface area contributed by atoms with Gasteiger partial charge in [0.2, 0.25) is 5.91 Å². The van der Waals surface area contributed by atoms with Crippen LogP contribution in [0, 0.1) is 5.92 Å². The molecule has 0 saturated carbocycles. The molecule has 1 aromatic rings. The van der Waals surface area contributed by atoms with Crippen molar-refractivity contribution in [3.8, 4) is 11.5 Å². The number of carbonyl (C=O) groups is 1. The Balaban J connectivity index is 2.01. The average Bonchev–Trinajstić information content (AvgIpc) is 2.53. The SMILES string of the molecule is COc1cc(CN2CCCC(C(=O)NC(C)(C)C)C2)cc(OC)c1. The summed E-state index contributed by atoms with van der Waals surface area (Å²) in [5.41, 5.74) is 0.961. The van der Waals surface area contributed by atoms with Crippen LogP contribution in [-0.2, 0) is 11.3 Å². The predicted octanol–water partition coefficient (Wildman–Crippen LogP) is 2.83. The Morgan fingerprint density at radius 1 is 1.21 bits per heavy atom. The van der Waals surface area contributed by atoms with Gasteiger partial charge in [0.05, 0.1) is 20.1 Å². The lowest BCUT2D eigenvalue weighted by Gasteiger charge is -2.33. The van der Waals surface area contributed by atoms with Crippen LogP contribution in [0.15, 0.2) is 18.2 Å².